The van der Waals surface area contributed by atoms with Gasteiger partial charge in [0.25, 0.3) is 5.56 Å². The number of fused-ring (bicyclic) bond motifs is 3. The van der Waals surface area contributed by atoms with E-state index in [2.05, 4.69) is 6.07 Å². The first-order chi connectivity index (χ1) is 17.2. The van der Waals surface area contributed by atoms with Gasteiger partial charge in [0.15, 0.2) is 5.78 Å². The molecule has 1 amide bonds. The summed E-state index contributed by atoms with van der Waals surface area (Å²) in [7, 11) is 0. The molecule has 1 aliphatic rings. The quantitative estimate of drug-likeness (QED) is 0.396. The fraction of sp³-hybridized carbons (Fsp3) is 0.286. The van der Waals surface area contributed by atoms with Crippen LogP contribution in [0.3, 0.4) is 0 Å². The van der Waals surface area contributed by atoms with E-state index in [1.165, 1.54) is 22.8 Å². The Morgan fingerprint density at radius 1 is 1.03 bits per heavy atom. The number of Topliss-reactive ketones (excluding diaryl/α,β-unsaturated/α-hetero) is 1. The van der Waals surface area contributed by atoms with E-state index in [9.17, 15) is 19.2 Å². The van der Waals surface area contributed by atoms with E-state index in [0.29, 0.717) is 47.5 Å². The molecule has 0 saturated carbocycles. The first-order valence-corrected chi connectivity index (χ1v) is 12.7. The van der Waals surface area contributed by atoms with E-state index < -0.39 is 5.69 Å². The number of carbonyl (C=O) groups excluding carboxylic acids is 2. The second-order valence-electron chi connectivity index (χ2n) is 9.42. The summed E-state index contributed by atoms with van der Waals surface area (Å²) in [6, 6.07) is 12.8. The molecule has 0 aliphatic carbocycles. The van der Waals surface area contributed by atoms with Crippen molar-refractivity contribution in [3.05, 3.63) is 96.0 Å². The largest absolute Gasteiger partial charge is 0.337 e. The summed E-state index contributed by atoms with van der Waals surface area (Å²) in [5.41, 5.74) is 4.02. The van der Waals surface area contributed by atoms with Crippen molar-refractivity contribution >= 4 is 33.2 Å². The van der Waals surface area contributed by atoms with E-state index in [0.717, 1.165) is 27.1 Å². The molecule has 0 N–H and O–H groups in total. The number of aromatic nitrogens is 2. The van der Waals surface area contributed by atoms with Crippen molar-refractivity contribution in [1.29, 1.82) is 0 Å². The Kier molecular flexibility index (Phi) is 6.00. The molecule has 0 fully saturated rings. The Bertz CT molecular complexity index is 1670. The maximum absolute atomic E-state index is 14.0. The predicted octanol–water partition coefficient (Wildman–Crippen LogP) is 3.99. The molecule has 3 heterocycles. The van der Waals surface area contributed by atoms with Gasteiger partial charge in [-0.3, -0.25) is 19.0 Å². The third kappa shape index (κ3) is 4.01. The number of aryl methyl sites for hydroxylation is 2. The Balaban J connectivity index is 1.82. The molecule has 0 unspecified atom stereocenters. The van der Waals surface area contributed by atoms with Gasteiger partial charge in [0, 0.05) is 23.9 Å². The molecule has 0 atom stereocenters. The van der Waals surface area contributed by atoms with Crippen LogP contribution in [0.1, 0.15) is 51.3 Å². The van der Waals surface area contributed by atoms with Crippen LogP contribution in [-0.2, 0) is 24.3 Å². The minimum Gasteiger partial charge on any atom is -0.337 e. The van der Waals surface area contributed by atoms with E-state index in [-0.39, 0.29) is 17.2 Å². The minimum atomic E-state index is -0.448. The number of nitrogens with zero attached hydrogens (tertiary/aromatic N) is 3. The number of amides is 1. The lowest BCUT2D eigenvalue weighted by molar-refractivity contribution is -0.129. The molecule has 0 bridgehead atoms. The van der Waals surface area contributed by atoms with Crippen LogP contribution in [0.4, 0.5) is 0 Å². The fourth-order valence-electron chi connectivity index (χ4n) is 4.85. The van der Waals surface area contributed by atoms with Crippen molar-refractivity contribution in [3.63, 3.8) is 0 Å². The summed E-state index contributed by atoms with van der Waals surface area (Å²) in [4.78, 5) is 55.2. The number of hydrogen-bond donors (Lipinski definition) is 0. The molecule has 2 aromatic heterocycles. The third-order valence-corrected chi connectivity index (χ3v) is 8.15. The number of benzene rings is 2. The van der Waals surface area contributed by atoms with Crippen molar-refractivity contribution in [3.8, 4) is 5.69 Å². The zero-order valence-corrected chi connectivity index (χ0v) is 21.6. The zero-order valence-electron chi connectivity index (χ0n) is 20.8. The molecule has 2 aromatic carbocycles. The van der Waals surface area contributed by atoms with Crippen LogP contribution in [0.15, 0.2) is 52.1 Å². The number of thiophene rings is 1. The summed E-state index contributed by atoms with van der Waals surface area (Å²) >= 11 is 1.42. The molecule has 1 aliphatic heterocycles. The highest BCUT2D eigenvalue weighted by molar-refractivity contribution is 7.18. The van der Waals surface area contributed by atoms with Gasteiger partial charge in [-0.2, -0.15) is 0 Å². The number of rotatable bonds is 4. The first kappa shape index (κ1) is 23.9. The van der Waals surface area contributed by atoms with E-state index in [4.69, 9.17) is 0 Å². The van der Waals surface area contributed by atoms with Crippen LogP contribution >= 0.6 is 11.3 Å². The maximum atomic E-state index is 14.0. The summed E-state index contributed by atoms with van der Waals surface area (Å²) in [5, 5.41) is 0.524. The highest BCUT2D eigenvalue weighted by Gasteiger charge is 2.27. The smallest absolute Gasteiger partial charge is 0.337 e. The molecular formula is C28H27N3O4S. The molecule has 4 aromatic rings. The molecule has 7 nitrogen and oxygen atoms in total. The molecule has 0 spiro atoms. The van der Waals surface area contributed by atoms with Crippen LogP contribution in [0, 0.1) is 13.8 Å². The summed E-state index contributed by atoms with van der Waals surface area (Å²) in [6.07, 6.45) is 0.555. The van der Waals surface area contributed by atoms with Gasteiger partial charge in [-0.05, 0) is 56.0 Å². The lowest BCUT2D eigenvalue weighted by Crippen LogP contribution is -2.39. The number of ketones is 1. The highest BCUT2D eigenvalue weighted by Crippen LogP contribution is 2.33. The Morgan fingerprint density at radius 3 is 2.53 bits per heavy atom. The molecule has 0 saturated heterocycles. The topological polar surface area (TPSA) is 81.4 Å². The first-order valence-electron chi connectivity index (χ1n) is 11.9. The van der Waals surface area contributed by atoms with E-state index >= 15 is 0 Å². The van der Waals surface area contributed by atoms with Gasteiger partial charge in [0.05, 0.1) is 24.2 Å². The van der Waals surface area contributed by atoms with Gasteiger partial charge in [0.2, 0.25) is 5.91 Å². The van der Waals surface area contributed by atoms with Crippen LogP contribution < -0.4 is 11.2 Å². The fourth-order valence-corrected chi connectivity index (χ4v) is 6.19. The zero-order chi connectivity index (χ0) is 25.7. The number of hydrogen-bond acceptors (Lipinski definition) is 5. The molecule has 0 radical (unpaired) electrons. The normalized spacial score (nSPS) is 13.2. The van der Waals surface area contributed by atoms with Gasteiger partial charge < -0.3 is 4.90 Å². The summed E-state index contributed by atoms with van der Waals surface area (Å²) in [6.45, 7) is 8.29. The minimum absolute atomic E-state index is 0.00987. The second-order valence-corrected chi connectivity index (χ2v) is 10.5. The predicted molar refractivity (Wildman–Crippen MR) is 141 cm³/mol. The van der Waals surface area contributed by atoms with Gasteiger partial charge >= 0.3 is 5.69 Å². The number of carbonyl (C=O) groups is 2. The molecule has 8 heteroatoms. The summed E-state index contributed by atoms with van der Waals surface area (Å²) < 4.78 is 2.85. The van der Waals surface area contributed by atoms with Crippen molar-refractivity contribution in [2.45, 2.75) is 47.2 Å². The van der Waals surface area contributed by atoms with Crippen LogP contribution in [0.25, 0.3) is 15.9 Å². The van der Waals surface area contributed by atoms with Gasteiger partial charge in [-0.15, -0.1) is 11.3 Å². The highest BCUT2D eigenvalue weighted by atomic mass is 32.1. The van der Waals surface area contributed by atoms with Crippen molar-refractivity contribution in [1.82, 2.24) is 14.0 Å². The maximum Gasteiger partial charge on any atom is 0.337 e. The second kappa shape index (κ2) is 9.02. The molecule has 184 valence electrons. The summed E-state index contributed by atoms with van der Waals surface area (Å²) in [5.74, 6) is -0.150. The van der Waals surface area contributed by atoms with E-state index in [1.54, 1.807) is 40.7 Å². The molecule has 36 heavy (non-hydrogen) atoms. The van der Waals surface area contributed by atoms with Gasteiger partial charge in [-0.25, -0.2) is 9.36 Å². The Morgan fingerprint density at radius 2 is 1.81 bits per heavy atom. The van der Waals surface area contributed by atoms with Gasteiger partial charge in [-0.1, -0.05) is 35.9 Å². The monoisotopic (exact) mass is 501 g/mol. The van der Waals surface area contributed by atoms with Crippen LogP contribution in [-0.4, -0.2) is 32.3 Å². The average molecular weight is 502 g/mol. The van der Waals surface area contributed by atoms with Crippen LogP contribution in [0.5, 0.6) is 0 Å². The Hall–Kier alpha value is -3.78. The average Bonchev–Trinajstić information content (AvgIpc) is 3.23. The SMILES string of the molecule is CC(=O)c1cccc(-n2c(=O)c3c4c(sc3n(Cc3cc(C)ccc3C)c2=O)CN(C(C)=O)CC4)c1. The van der Waals surface area contributed by atoms with Crippen LogP contribution in [0.2, 0.25) is 0 Å². The lowest BCUT2D eigenvalue weighted by Gasteiger charge is -2.25. The molecular weight excluding hydrogens is 474 g/mol. The van der Waals surface area contributed by atoms with E-state index in [1.807, 2.05) is 26.0 Å². The lowest BCUT2D eigenvalue weighted by atomic mass is 10.0. The third-order valence-electron chi connectivity index (χ3n) is 6.91. The standard InChI is InChI=1S/C28H27N3O4S/c1-16-8-9-17(2)21(12-16)14-30-27-25(23-10-11-29(19(4)33)15-24(23)36-27)26(34)31(28(30)35)22-7-5-6-20(13-22)18(3)32/h5-9,12-13H,10-11,14-15H2,1-4H3. The van der Waals surface area contributed by atoms with Crippen molar-refractivity contribution in [2.75, 3.05) is 6.54 Å². The van der Waals surface area contributed by atoms with Gasteiger partial charge in [0.1, 0.15) is 4.83 Å². The van der Waals surface area contributed by atoms with Crippen molar-refractivity contribution in [2.24, 2.45) is 0 Å². The van der Waals surface area contributed by atoms with Crippen molar-refractivity contribution < 1.29 is 9.59 Å². The Labute approximate surface area is 212 Å². The molecule has 5 rings (SSSR count).